The first kappa shape index (κ1) is 17.2. The quantitative estimate of drug-likeness (QED) is 0.597. The summed E-state index contributed by atoms with van der Waals surface area (Å²) in [6.45, 7) is 0. The summed E-state index contributed by atoms with van der Waals surface area (Å²) < 4.78 is 5.17. The molecule has 0 N–H and O–H groups in total. The van der Waals surface area contributed by atoms with Gasteiger partial charge in [0.05, 0.1) is 12.1 Å². The van der Waals surface area contributed by atoms with Crippen LogP contribution in [0.2, 0.25) is 5.02 Å². The summed E-state index contributed by atoms with van der Waals surface area (Å²) in [6, 6.07) is 5.70. The minimum Gasteiger partial charge on any atom is -0.495 e. The number of hydrogen-bond donors (Lipinski definition) is 0. The maximum Gasteiger partial charge on any atom is 0.277 e. The summed E-state index contributed by atoms with van der Waals surface area (Å²) in [5, 5.41) is 1.12. The van der Waals surface area contributed by atoms with E-state index in [-0.39, 0.29) is 11.9 Å². The number of rotatable bonds is 3. The van der Waals surface area contributed by atoms with E-state index in [1.807, 2.05) is 19.2 Å². The van der Waals surface area contributed by atoms with Crippen LogP contribution in [0.15, 0.2) is 23.9 Å². The van der Waals surface area contributed by atoms with Crippen LogP contribution in [0.1, 0.15) is 37.7 Å². The summed E-state index contributed by atoms with van der Waals surface area (Å²) in [5.74, 6) is 0.602. The number of halogens is 1. The average molecular weight is 365 g/mol. The van der Waals surface area contributed by atoms with Crippen molar-refractivity contribution in [2.24, 2.45) is 0 Å². The van der Waals surface area contributed by atoms with Crippen molar-refractivity contribution in [2.45, 2.75) is 38.1 Å². The Morgan fingerprint density at radius 2 is 2.00 bits per heavy atom. The second-order valence-corrected chi connectivity index (χ2v) is 7.00. The van der Waals surface area contributed by atoms with E-state index < -0.39 is 0 Å². The number of nitrogens with zero attached hydrogens (tertiary/aromatic N) is 2. The van der Waals surface area contributed by atoms with Gasteiger partial charge >= 0.3 is 0 Å². The molecule has 1 saturated carbocycles. The van der Waals surface area contributed by atoms with Gasteiger partial charge in [0.1, 0.15) is 11.4 Å². The van der Waals surface area contributed by atoms with Crippen LogP contribution in [-0.2, 0) is 4.79 Å². The van der Waals surface area contributed by atoms with Crippen LogP contribution >= 0.6 is 23.8 Å². The zero-order valence-corrected chi connectivity index (χ0v) is 15.5. The van der Waals surface area contributed by atoms with Gasteiger partial charge in [0, 0.05) is 13.1 Å². The summed E-state index contributed by atoms with van der Waals surface area (Å²) in [4.78, 5) is 16.5. The minimum atomic E-state index is -0.0126. The summed E-state index contributed by atoms with van der Waals surface area (Å²) in [7, 11) is 3.42. The molecular formula is C18H21ClN2O2S. The lowest BCUT2D eigenvalue weighted by atomic mass is 9.94. The van der Waals surface area contributed by atoms with E-state index in [1.165, 1.54) is 6.42 Å². The van der Waals surface area contributed by atoms with Gasteiger partial charge in [-0.25, -0.2) is 0 Å². The van der Waals surface area contributed by atoms with Gasteiger partial charge in [-0.15, -0.1) is 0 Å². The van der Waals surface area contributed by atoms with Crippen LogP contribution in [0, 0.1) is 0 Å². The molecule has 1 saturated heterocycles. The first-order valence-corrected chi connectivity index (χ1v) is 8.98. The Morgan fingerprint density at radius 3 is 2.62 bits per heavy atom. The highest BCUT2D eigenvalue weighted by molar-refractivity contribution is 7.80. The summed E-state index contributed by atoms with van der Waals surface area (Å²) in [6.07, 6.45) is 7.46. The highest BCUT2D eigenvalue weighted by Crippen LogP contribution is 2.31. The van der Waals surface area contributed by atoms with Gasteiger partial charge in [-0.1, -0.05) is 36.9 Å². The molecular weight excluding hydrogens is 344 g/mol. The molecule has 1 amide bonds. The normalized spacial score (nSPS) is 21.0. The van der Waals surface area contributed by atoms with Gasteiger partial charge in [0.2, 0.25) is 0 Å². The van der Waals surface area contributed by atoms with E-state index in [1.54, 1.807) is 29.0 Å². The Hall–Kier alpha value is -1.59. The second kappa shape index (κ2) is 7.11. The molecule has 24 heavy (non-hydrogen) atoms. The lowest BCUT2D eigenvalue weighted by Gasteiger charge is -2.30. The van der Waals surface area contributed by atoms with Crippen molar-refractivity contribution in [3.05, 3.63) is 34.5 Å². The number of amides is 1. The van der Waals surface area contributed by atoms with Crippen LogP contribution in [0.5, 0.6) is 5.75 Å². The molecule has 0 unspecified atom stereocenters. The lowest BCUT2D eigenvalue weighted by Crippen LogP contribution is -2.41. The van der Waals surface area contributed by atoms with Crippen molar-refractivity contribution in [1.82, 2.24) is 9.80 Å². The highest BCUT2D eigenvalue weighted by Gasteiger charge is 2.40. The number of methoxy groups -OCH3 is 1. The molecule has 128 valence electrons. The smallest absolute Gasteiger partial charge is 0.277 e. The topological polar surface area (TPSA) is 32.8 Å². The minimum absolute atomic E-state index is 0.0126. The van der Waals surface area contributed by atoms with E-state index >= 15 is 0 Å². The maximum atomic E-state index is 12.9. The van der Waals surface area contributed by atoms with Gasteiger partial charge in [0.25, 0.3) is 5.91 Å². The van der Waals surface area contributed by atoms with Crippen LogP contribution in [0.25, 0.3) is 6.08 Å². The SMILES string of the molecule is COc1ccc(/C=C2/C(=O)N(C3CCCCC3)C(=S)N2C)cc1Cl. The lowest BCUT2D eigenvalue weighted by molar-refractivity contribution is -0.124. The van der Waals surface area contributed by atoms with Crippen LogP contribution in [0.3, 0.4) is 0 Å². The fourth-order valence-corrected chi connectivity index (χ4v) is 3.96. The molecule has 6 heteroatoms. The third kappa shape index (κ3) is 3.15. The van der Waals surface area contributed by atoms with E-state index in [0.717, 1.165) is 31.2 Å². The van der Waals surface area contributed by atoms with E-state index in [0.29, 0.717) is 21.6 Å². The molecule has 1 aromatic rings. The molecule has 3 rings (SSSR count). The van der Waals surface area contributed by atoms with Crippen LogP contribution in [0.4, 0.5) is 0 Å². The van der Waals surface area contributed by atoms with Gasteiger partial charge in [0.15, 0.2) is 5.11 Å². The third-order valence-corrected chi connectivity index (χ3v) is 5.48. The molecule has 1 aliphatic carbocycles. The largest absolute Gasteiger partial charge is 0.495 e. The zero-order valence-electron chi connectivity index (χ0n) is 13.9. The first-order valence-electron chi connectivity index (χ1n) is 8.19. The molecule has 0 radical (unpaired) electrons. The number of thiocarbonyl (C=S) groups is 1. The highest BCUT2D eigenvalue weighted by atomic mass is 35.5. The van der Waals surface area contributed by atoms with Crippen molar-refractivity contribution >= 4 is 40.9 Å². The Balaban J connectivity index is 1.89. The van der Waals surface area contributed by atoms with Gasteiger partial charge in [-0.3, -0.25) is 9.69 Å². The molecule has 2 aliphatic rings. The Labute approximate surface area is 153 Å². The molecule has 0 bridgehead atoms. The van der Waals surface area contributed by atoms with Gasteiger partial charge in [-0.2, -0.15) is 0 Å². The third-order valence-electron chi connectivity index (χ3n) is 4.71. The number of ether oxygens (including phenoxy) is 1. The molecule has 1 heterocycles. The number of carbonyl (C=O) groups is 1. The number of hydrogen-bond acceptors (Lipinski definition) is 3. The van der Waals surface area contributed by atoms with Gasteiger partial charge in [-0.05, 0) is 48.8 Å². The predicted molar refractivity (Wildman–Crippen MR) is 100 cm³/mol. The first-order chi connectivity index (χ1) is 11.5. The molecule has 1 aliphatic heterocycles. The molecule has 0 spiro atoms. The average Bonchev–Trinajstić information content (AvgIpc) is 2.79. The fraction of sp³-hybridized carbons (Fsp3) is 0.444. The van der Waals surface area contributed by atoms with Crippen LogP contribution in [-0.4, -0.2) is 41.0 Å². The molecule has 1 aromatic carbocycles. The Bertz CT molecular complexity index is 698. The zero-order chi connectivity index (χ0) is 17.3. The van der Waals surface area contributed by atoms with Crippen molar-refractivity contribution in [3.63, 3.8) is 0 Å². The van der Waals surface area contributed by atoms with E-state index in [4.69, 9.17) is 28.6 Å². The van der Waals surface area contributed by atoms with E-state index in [9.17, 15) is 4.79 Å². The Morgan fingerprint density at radius 1 is 1.29 bits per heavy atom. The molecule has 0 aromatic heterocycles. The number of likely N-dealkylation sites (N-methyl/N-ethyl adjacent to an activating group) is 1. The fourth-order valence-electron chi connectivity index (χ4n) is 3.37. The van der Waals surface area contributed by atoms with Crippen molar-refractivity contribution in [2.75, 3.05) is 14.2 Å². The monoisotopic (exact) mass is 364 g/mol. The number of carbonyl (C=O) groups excluding carboxylic acids is 1. The Kier molecular flexibility index (Phi) is 5.11. The van der Waals surface area contributed by atoms with Crippen molar-refractivity contribution in [3.8, 4) is 5.75 Å². The second-order valence-electron chi connectivity index (χ2n) is 6.23. The standard InChI is InChI=1S/C18H21ClN2O2S/c1-20-15(11-12-8-9-16(23-2)14(19)10-12)17(22)21(18(20)24)13-6-4-3-5-7-13/h8-11,13H,3-7H2,1-2H3/b15-11-. The summed E-state index contributed by atoms with van der Waals surface area (Å²) >= 11 is 11.7. The van der Waals surface area contributed by atoms with Crippen molar-refractivity contribution in [1.29, 1.82) is 0 Å². The van der Waals surface area contributed by atoms with Crippen LogP contribution < -0.4 is 4.74 Å². The molecule has 0 atom stereocenters. The summed E-state index contributed by atoms with van der Waals surface area (Å²) in [5.41, 5.74) is 1.44. The van der Waals surface area contributed by atoms with Gasteiger partial charge < -0.3 is 9.64 Å². The number of benzene rings is 1. The maximum absolute atomic E-state index is 12.9. The predicted octanol–water partition coefficient (Wildman–Crippen LogP) is 4.08. The van der Waals surface area contributed by atoms with Crippen molar-refractivity contribution < 1.29 is 9.53 Å². The van der Waals surface area contributed by atoms with E-state index in [2.05, 4.69) is 0 Å². The molecule has 4 nitrogen and oxygen atoms in total. The molecule has 2 fully saturated rings.